The van der Waals surface area contributed by atoms with E-state index in [0.29, 0.717) is 39.4 Å². The number of amides is 1. The summed E-state index contributed by atoms with van der Waals surface area (Å²) in [6.07, 6.45) is 1.29. The molecule has 0 unspecified atom stereocenters. The van der Waals surface area contributed by atoms with E-state index in [0.717, 1.165) is 23.1 Å². The molecule has 0 atom stereocenters. The zero-order valence-corrected chi connectivity index (χ0v) is 15.7. The normalized spacial score (nSPS) is 14.0. The lowest BCUT2D eigenvalue weighted by atomic mass is 10.3. The number of nitrogens with one attached hydrogen (secondary N) is 1. The van der Waals surface area contributed by atoms with Crippen LogP contribution in [0, 0.1) is 0 Å². The van der Waals surface area contributed by atoms with Crippen molar-refractivity contribution >= 4 is 23.4 Å². The maximum absolute atomic E-state index is 11.8. The van der Waals surface area contributed by atoms with E-state index in [1.807, 2.05) is 44.2 Å². The van der Waals surface area contributed by atoms with Gasteiger partial charge in [0.25, 0.3) is 0 Å². The lowest BCUT2D eigenvalue weighted by molar-refractivity contribution is 0.105. The first kappa shape index (κ1) is 18.8. The molecule has 1 amide bonds. The Bertz CT molecular complexity index is 745. The van der Waals surface area contributed by atoms with Crippen molar-refractivity contribution in [3.05, 3.63) is 36.7 Å². The third-order valence-corrected chi connectivity index (χ3v) is 4.22. The SMILES string of the molecule is CCOC(=O)N1CCN(c2cc(Nc3ccc(OCC)cc3)ncn2)CC1. The third-order valence-electron chi connectivity index (χ3n) is 4.22. The molecule has 27 heavy (non-hydrogen) atoms. The van der Waals surface area contributed by atoms with Crippen LogP contribution in [-0.4, -0.2) is 60.4 Å². The second-order valence-electron chi connectivity index (χ2n) is 6.02. The number of hydrogen-bond acceptors (Lipinski definition) is 7. The molecular formula is C19H25N5O3. The van der Waals surface area contributed by atoms with Gasteiger partial charge < -0.3 is 24.6 Å². The highest BCUT2D eigenvalue weighted by atomic mass is 16.6. The molecule has 0 aliphatic carbocycles. The topological polar surface area (TPSA) is 79.8 Å². The fourth-order valence-corrected chi connectivity index (χ4v) is 2.87. The Hall–Kier alpha value is -3.03. The number of nitrogens with zero attached hydrogens (tertiary/aromatic N) is 4. The quantitative estimate of drug-likeness (QED) is 0.836. The molecule has 144 valence electrons. The molecule has 1 N–H and O–H groups in total. The zero-order chi connectivity index (χ0) is 19.1. The highest BCUT2D eigenvalue weighted by Crippen LogP contribution is 2.21. The smallest absolute Gasteiger partial charge is 0.409 e. The van der Waals surface area contributed by atoms with Crippen molar-refractivity contribution in [3.63, 3.8) is 0 Å². The van der Waals surface area contributed by atoms with E-state index < -0.39 is 0 Å². The van der Waals surface area contributed by atoms with Gasteiger partial charge in [-0.25, -0.2) is 14.8 Å². The first-order chi connectivity index (χ1) is 13.2. The Labute approximate surface area is 159 Å². The summed E-state index contributed by atoms with van der Waals surface area (Å²) in [7, 11) is 0. The molecule has 1 aromatic carbocycles. The van der Waals surface area contributed by atoms with Gasteiger partial charge in [0.1, 0.15) is 23.7 Å². The van der Waals surface area contributed by atoms with E-state index in [2.05, 4.69) is 20.2 Å². The molecule has 1 aromatic heterocycles. The number of carbonyl (C=O) groups excluding carboxylic acids is 1. The van der Waals surface area contributed by atoms with Crippen molar-refractivity contribution in [3.8, 4) is 5.75 Å². The summed E-state index contributed by atoms with van der Waals surface area (Å²) >= 11 is 0. The number of carbonyl (C=O) groups is 1. The summed E-state index contributed by atoms with van der Waals surface area (Å²) in [6, 6.07) is 9.65. The average Bonchev–Trinajstić information content (AvgIpc) is 2.70. The number of anilines is 3. The second-order valence-corrected chi connectivity index (χ2v) is 6.02. The van der Waals surface area contributed by atoms with Gasteiger partial charge in [-0.2, -0.15) is 0 Å². The van der Waals surface area contributed by atoms with Crippen LogP contribution in [0.25, 0.3) is 0 Å². The summed E-state index contributed by atoms with van der Waals surface area (Å²) in [5.74, 6) is 2.39. The number of aromatic nitrogens is 2. The van der Waals surface area contributed by atoms with Crippen molar-refractivity contribution in [1.29, 1.82) is 0 Å². The number of piperazine rings is 1. The molecule has 0 saturated carbocycles. The van der Waals surface area contributed by atoms with Crippen molar-refractivity contribution in [2.24, 2.45) is 0 Å². The number of rotatable bonds is 6. The van der Waals surface area contributed by atoms with E-state index in [9.17, 15) is 4.79 Å². The maximum Gasteiger partial charge on any atom is 0.409 e. The lowest BCUT2D eigenvalue weighted by Gasteiger charge is -2.34. The Morgan fingerprint density at radius 1 is 1.07 bits per heavy atom. The number of ether oxygens (including phenoxy) is 2. The van der Waals surface area contributed by atoms with E-state index in [4.69, 9.17) is 9.47 Å². The van der Waals surface area contributed by atoms with E-state index in [-0.39, 0.29) is 6.09 Å². The van der Waals surface area contributed by atoms with Crippen molar-refractivity contribution in [2.75, 3.05) is 49.6 Å². The molecular weight excluding hydrogens is 346 g/mol. The van der Waals surface area contributed by atoms with E-state index >= 15 is 0 Å². The highest BCUT2D eigenvalue weighted by molar-refractivity contribution is 5.68. The van der Waals surface area contributed by atoms with Crippen LogP contribution in [0.4, 0.5) is 22.1 Å². The van der Waals surface area contributed by atoms with Gasteiger partial charge in [-0.05, 0) is 38.1 Å². The zero-order valence-electron chi connectivity index (χ0n) is 15.7. The number of benzene rings is 1. The molecule has 1 fully saturated rings. The third kappa shape index (κ3) is 4.99. The minimum absolute atomic E-state index is 0.252. The van der Waals surface area contributed by atoms with Gasteiger partial charge >= 0.3 is 6.09 Å². The van der Waals surface area contributed by atoms with Gasteiger partial charge in [0, 0.05) is 37.9 Å². The first-order valence-corrected chi connectivity index (χ1v) is 9.18. The first-order valence-electron chi connectivity index (χ1n) is 9.18. The van der Waals surface area contributed by atoms with Crippen LogP contribution in [-0.2, 0) is 4.74 Å². The molecule has 0 radical (unpaired) electrons. The minimum atomic E-state index is -0.252. The predicted molar refractivity (Wildman–Crippen MR) is 104 cm³/mol. The second kappa shape index (κ2) is 9.07. The van der Waals surface area contributed by atoms with Crippen molar-refractivity contribution < 1.29 is 14.3 Å². The summed E-state index contributed by atoms with van der Waals surface area (Å²) < 4.78 is 10.5. The molecule has 1 aliphatic rings. The maximum atomic E-state index is 11.8. The van der Waals surface area contributed by atoms with Crippen LogP contribution >= 0.6 is 0 Å². The summed E-state index contributed by atoms with van der Waals surface area (Å²) in [4.78, 5) is 24.3. The number of hydrogen-bond donors (Lipinski definition) is 1. The Kier molecular flexibility index (Phi) is 6.30. The van der Waals surface area contributed by atoms with Crippen LogP contribution in [0.5, 0.6) is 5.75 Å². The van der Waals surface area contributed by atoms with Crippen molar-refractivity contribution in [1.82, 2.24) is 14.9 Å². The van der Waals surface area contributed by atoms with E-state index in [1.54, 1.807) is 11.2 Å². The fraction of sp³-hybridized carbons (Fsp3) is 0.421. The molecule has 1 aliphatic heterocycles. The predicted octanol–water partition coefficient (Wildman–Crippen LogP) is 2.90. The lowest BCUT2D eigenvalue weighted by Crippen LogP contribution is -2.49. The molecule has 2 aromatic rings. The monoisotopic (exact) mass is 371 g/mol. The summed E-state index contributed by atoms with van der Waals surface area (Å²) in [6.45, 7) is 7.46. The Morgan fingerprint density at radius 2 is 1.81 bits per heavy atom. The van der Waals surface area contributed by atoms with Crippen LogP contribution in [0.3, 0.4) is 0 Å². The average molecular weight is 371 g/mol. The summed E-state index contributed by atoms with van der Waals surface area (Å²) in [5.41, 5.74) is 0.926. The van der Waals surface area contributed by atoms with Crippen LogP contribution in [0.15, 0.2) is 36.7 Å². The van der Waals surface area contributed by atoms with E-state index in [1.165, 1.54) is 0 Å². The van der Waals surface area contributed by atoms with Gasteiger partial charge in [0.2, 0.25) is 0 Å². The Morgan fingerprint density at radius 3 is 2.48 bits per heavy atom. The molecule has 0 spiro atoms. The molecule has 1 saturated heterocycles. The van der Waals surface area contributed by atoms with Crippen molar-refractivity contribution in [2.45, 2.75) is 13.8 Å². The molecule has 8 heteroatoms. The minimum Gasteiger partial charge on any atom is -0.494 e. The Balaban J connectivity index is 1.60. The molecule has 3 rings (SSSR count). The molecule has 8 nitrogen and oxygen atoms in total. The van der Waals surface area contributed by atoms with Crippen LogP contribution in [0.2, 0.25) is 0 Å². The van der Waals surface area contributed by atoms with Crippen LogP contribution in [0.1, 0.15) is 13.8 Å². The fourth-order valence-electron chi connectivity index (χ4n) is 2.87. The highest BCUT2D eigenvalue weighted by Gasteiger charge is 2.22. The summed E-state index contributed by atoms with van der Waals surface area (Å²) in [5, 5.41) is 3.28. The van der Waals surface area contributed by atoms with Gasteiger partial charge in [0.15, 0.2) is 0 Å². The van der Waals surface area contributed by atoms with Gasteiger partial charge in [0.05, 0.1) is 13.2 Å². The van der Waals surface area contributed by atoms with Crippen LogP contribution < -0.4 is 15.0 Å². The molecule has 2 heterocycles. The largest absolute Gasteiger partial charge is 0.494 e. The molecule has 0 bridgehead atoms. The standard InChI is InChI=1S/C19H25N5O3/c1-3-26-16-7-5-15(6-8-16)22-17-13-18(21-14-20-17)23-9-11-24(12-10-23)19(25)27-4-2/h5-8,13-14H,3-4,9-12H2,1-2H3,(H,20,21,22). The van der Waals surface area contributed by atoms with Gasteiger partial charge in [-0.15, -0.1) is 0 Å². The van der Waals surface area contributed by atoms with Gasteiger partial charge in [-0.1, -0.05) is 0 Å². The van der Waals surface area contributed by atoms with Gasteiger partial charge in [-0.3, -0.25) is 0 Å².